The molecule has 8 nitrogen and oxygen atoms in total. The summed E-state index contributed by atoms with van der Waals surface area (Å²) in [6, 6.07) is 5.22. The van der Waals surface area contributed by atoms with Crippen LogP contribution in [0.4, 0.5) is 0 Å². The molecule has 2 aromatic rings. The average Bonchev–Trinajstić information content (AvgIpc) is 2.77. The highest BCUT2D eigenvalue weighted by Crippen LogP contribution is 2.52. The van der Waals surface area contributed by atoms with Gasteiger partial charge in [0.2, 0.25) is 11.5 Å². The molecule has 2 aromatic carbocycles. The van der Waals surface area contributed by atoms with Gasteiger partial charge >= 0.3 is 0 Å². The maximum Gasteiger partial charge on any atom is 0.201 e. The Morgan fingerprint density at radius 3 is 1.77 bits per heavy atom. The molecule has 3 atom stereocenters. The molecule has 0 radical (unpaired) electrons. The summed E-state index contributed by atoms with van der Waals surface area (Å²) in [5.41, 5.74) is 2.41. The van der Waals surface area contributed by atoms with Crippen molar-refractivity contribution in [2.45, 2.75) is 24.5 Å². The van der Waals surface area contributed by atoms with Crippen LogP contribution in [0, 0.1) is 0 Å². The van der Waals surface area contributed by atoms with Gasteiger partial charge in [-0.25, -0.2) is 0 Å². The number of rotatable bonds is 7. The van der Waals surface area contributed by atoms with Crippen LogP contribution in [0.1, 0.15) is 22.6 Å². The third-order valence-corrected chi connectivity index (χ3v) is 5.63. The third kappa shape index (κ3) is 3.46. The van der Waals surface area contributed by atoms with E-state index in [-0.39, 0.29) is 29.1 Å². The molecule has 0 aliphatic heterocycles. The lowest BCUT2D eigenvalue weighted by Crippen LogP contribution is -2.42. The van der Waals surface area contributed by atoms with Crippen LogP contribution in [0.25, 0.3) is 0 Å². The van der Waals surface area contributed by atoms with Crippen molar-refractivity contribution in [3.63, 3.8) is 0 Å². The molecule has 8 heteroatoms. The number of phenolic OH excluding ortho intramolecular Hbond substituents is 2. The second-order valence-electron chi connectivity index (χ2n) is 6.96. The molecule has 0 spiro atoms. The first-order chi connectivity index (χ1) is 14.4. The lowest BCUT2D eigenvalue weighted by molar-refractivity contribution is -0.0490. The molecule has 0 unspecified atom stereocenters. The highest BCUT2D eigenvalue weighted by atomic mass is 16.5. The van der Waals surface area contributed by atoms with Crippen LogP contribution < -0.4 is 18.9 Å². The third-order valence-electron chi connectivity index (χ3n) is 5.63. The smallest absolute Gasteiger partial charge is 0.201 e. The van der Waals surface area contributed by atoms with Gasteiger partial charge in [0, 0.05) is 32.1 Å². The van der Waals surface area contributed by atoms with E-state index in [9.17, 15) is 10.2 Å². The van der Waals surface area contributed by atoms with Crippen LogP contribution in [0.3, 0.4) is 0 Å². The van der Waals surface area contributed by atoms with Gasteiger partial charge in [0.15, 0.2) is 23.0 Å². The van der Waals surface area contributed by atoms with Gasteiger partial charge in [0.05, 0.1) is 40.6 Å². The molecule has 0 heterocycles. The number of methoxy groups -OCH3 is 6. The van der Waals surface area contributed by atoms with Crippen molar-refractivity contribution in [1.29, 1.82) is 0 Å². The molecule has 0 saturated carbocycles. The van der Waals surface area contributed by atoms with Gasteiger partial charge in [-0.3, -0.25) is 0 Å². The van der Waals surface area contributed by atoms with E-state index in [0.29, 0.717) is 17.9 Å². The first-order valence-corrected chi connectivity index (χ1v) is 9.42. The maximum atomic E-state index is 10.7. The van der Waals surface area contributed by atoms with E-state index in [4.69, 9.17) is 28.4 Å². The number of hydrogen-bond donors (Lipinski definition) is 2. The van der Waals surface area contributed by atoms with Crippen LogP contribution in [0.15, 0.2) is 18.2 Å². The molecular weight excluding hydrogens is 392 g/mol. The Bertz CT molecular complexity index is 885. The fourth-order valence-corrected chi connectivity index (χ4v) is 4.23. The van der Waals surface area contributed by atoms with Crippen molar-refractivity contribution in [2.75, 3.05) is 42.7 Å². The van der Waals surface area contributed by atoms with Crippen molar-refractivity contribution >= 4 is 0 Å². The predicted octanol–water partition coefficient (Wildman–Crippen LogP) is 2.85. The van der Waals surface area contributed by atoms with Crippen molar-refractivity contribution in [2.24, 2.45) is 0 Å². The minimum atomic E-state index is -0.404. The quantitative estimate of drug-likeness (QED) is 0.706. The summed E-state index contributed by atoms with van der Waals surface area (Å²) in [7, 11) is 9.16. The van der Waals surface area contributed by atoms with E-state index in [1.165, 1.54) is 28.4 Å². The molecule has 0 fully saturated rings. The van der Waals surface area contributed by atoms with Crippen LogP contribution in [0.5, 0.6) is 34.5 Å². The van der Waals surface area contributed by atoms with Gasteiger partial charge in [-0.15, -0.1) is 0 Å². The van der Waals surface area contributed by atoms with E-state index in [1.54, 1.807) is 32.4 Å². The Hall–Kier alpha value is -2.84. The van der Waals surface area contributed by atoms with Crippen molar-refractivity contribution in [3.05, 3.63) is 34.9 Å². The zero-order valence-corrected chi connectivity index (χ0v) is 18.0. The lowest BCUT2D eigenvalue weighted by atomic mass is 9.74. The van der Waals surface area contributed by atoms with Gasteiger partial charge < -0.3 is 38.6 Å². The molecule has 0 bridgehead atoms. The largest absolute Gasteiger partial charge is 0.502 e. The van der Waals surface area contributed by atoms with Gasteiger partial charge in [-0.1, -0.05) is 0 Å². The predicted molar refractivity (Wildman–Crippen MR) is 110 cm³/mol. The standard InChI is InChI=1S/C22H28O8/c1-25-13-7-11(8-14(26-2)19(13)23)17-18-12(10-16(28-4)21(17)29-5)9-15(27-3)20(24)22(18)30-6/h7-9,16-17,21,23-24H,10H2,1-6H3/t16-,17+,21+/m0/s1. The molecule has 3 rings (SSSR count). The molecule has 1 aliphatic carbocycles. The van der Waals surface area contributed by atoms with Gasteiger partial charge in [0.1, 0.15) is 0 Å². The van der Waals surface area contributed by atoms with Crippen molar-refractivity contribution in [3.8, 4) is 34.5 Å². The number of hydrogen-bond acceptors (Lipinski definition) is 8. The van der Waals surface area contributed by atoms with Crippen LogP contribution in [-0.2, 0) is 15.9 Å². The van der Waals surface area contributed by atoms with E-state index in [0.717, 1.165) is 16.7 Å². The first-order valence-electron chi connectivity index (χ1n) is 9.42. The number of phenols is 2. The van der Waals surface area contributed by atoms with E-state index < -0.39 is 12.0 Å². The Balaban J connectivity index is 2.34. The van der Waals surface area contributed by atoms with Crippen molar-refractivity contribution in [1.82, 2.24) is 0 Å². The Labute approximate surface area is 175 Å². The number of aromatic hydroxyl groups is 2. The zero-order valence-electron chi connectivity index (χ0n) is 18.0. The van der Waals surface area contributed by atoms with Gasteiger partial charge in [-0.05, 0) is 29.3 Å². The normalized spacial score (nSPS) is 20.4. The first kappa shape index (κ1) is 21.9. The van der Waals surface area contributed by atoms with E-state index >= 15 is 0 Å². The molecule has 164 valence electrons. The second kappa shape index (κ2) is 8.89. The molecule has 2 N–H and O–H groups in total. The summed E-state index contributed by atoms with van der Waals surface area (Å²) < 4.78 is 33.2. The number of benzene rings is 2. The number of ether oxygens (including phenoxy) is 6. The lowest BCUT2D eigenvalue weighted by Gasteiger charge is -2.39. The van der Waals surface area contributed by atoms with Crippen LogP contribution >= 0.6 is 0 Å². The summed E-state index contributed by atoms with van der Waals surface area (Å²) in [6.45, 7) is 0. The minimum Gasteiger partial charge on any atom is -0.502 e. The minimum absolute atomic E-state index is 0.0906. The Kier molecular flexibility index (Phi) is 6.48. The number of fused-ring (bicyclic) bond motifs is 1. The SMILES string of the molecule is COc1cc([C@@H]2c3c(cc(OC)c(O)c3OC)C[C@H](OC)[C@H]2OC)cc(OC)c1O. The molecule has 0 aromatic heterocycles. The van der Waals surface area contributed by atoms with Gasteiger partial charge in [0.25, 0.3) is 0 Å². The molecule has 1 aliphatic rings. The molecular formula is C22H28O8. The summed E-state index contributed by atoms with van der Waals surface area (Å²) in [5, 5.41) is 21.1. The van der Waals surface area contributed by atoms with Crippen molar-refractivity contribution < 1.29 is 38.6 Å². The Morgan fingerprint density at radius 2 is 1.30 bits per heavy atom. The highest BCUT2D eigenvalue weighted by molar-refractivity contribution is 5.64. The van der Waals surface area contributed by atoms with Crippen LogP contribution in [0.2, 0.25) is 0 Å². The van der Waals surface area contributed by atoms with Gasteiger partial charge in [-0.2, -0.15) is 0 Å². The highest BCUT2D eigenvalue weighted by Gasteiger charge is 2.42. The zero-order chi connectivity index (χ0) is 22.0. The molecule has 0 saturated heterocycles. The summed E-state index contributed by atoms with van der Waals surface area (Å²) in [5.74, 6) is 0.550. The summed E-state index contributed by atoms with van der Waals surface area (Å²) >= 11 is 0. The second-order valence-corrected chi connectivity index (χ2v) is 6.96. The summed E-state index contributed by atoms with van der Waals surface area (Å²) in [6.07, 6.45) is -0.124. The maximum absolute atomic E-state index is 10.7. The molecule has 0 amide bonds. The Morgan fingerprint density at radius 1 is 0.733 bits per heavy atom. The summed E-state index contributed by atoms with van der Waals surface area (Å²) in [4.78, 5) is 0. The average molecular weight is 420 g/mol. The fourth-order valence-electron chi connectivity index (χ4n) is 4.23. The van der Waals surface area contributed by atoms with E-state index in [2.05, 4.69) is 0 Å². The van der Waals surface area contributed by atoms with Crippen LogP contribution in [-0.4, -0.2) is 65.1 Å². The monoisotopic (exact) mass is 420 g/mol. The molecule has 30 heavy (non-hydrogen) atoms. The topological polar surface area (TPSA) is 95.8 Å². The van der Waals surface area contributed by atoms with E-state index in [1.807, 2.05) is 0 Å². The fraction of sp³-hybridized carbons (Fsp3) is 0.455.